The first-order chi connectivity index (χ1) is 15.9. The molecule has 0 aliphatic heterocycles. The summed E-state index contributed by atoms with van der Waals surface area (Å²) in [6, 6.07) is 25.0. The Balaban J connectivity index is 1.72. The number of nitrogens with zero attached hydrogens (tertiary/aromatic N) is 2. The van der Waals surface area contributed by atoms with Gasteiger partial charge in [-0.15, -0.1) is 0 Å². The third-order valence-corrected chi connectivity index (χ3v) is 5.61. The van der Waals surface area contributed by atoms with Crippen LogP contribution in [-0.4, -0.2) is 55.3 Å². The van der Waals surface area contributed by atoms with Crippen LogP contribution in [0.4, 0.5) is 5.69 Å². The van der Waals surface area contributed by atoms with Crippen LogP contribution in [-0.2, 0) is 6.42 Å². The van der Waals surface area contributed by atoms with Crippen LogP contribution in [0, 0.1) is 6.92 Å². The molecule has 172 valence electrons. The summed E-state index contributed by atoms with van der Waals surface area (Å²) in [4.78, 5) is 30.0. The second kappa shape index (κ2) is 12.0. The highest BCUT2D eigenvalue weighted by Crippen LogP contribution is 2.20. The second-order valence-corrected chi connectivity index (χ2v) is 8.53. The Morgan fingerprint density at radius 3 is 2.12 bits per heavy atom. The molecule has 0 aliphatic rings. The quantitative estimate of drug-likeness (QED) is 0.486. The van der Waals surface area contributed by atoms with Crippen LogP contribution in [0.1, 0.15) is 38.3 Å². The van der Waals surface area contributed by atoms with Gasteiger partial charge in [0.25, 0.3) is 11.8 Å². The zero-order chi connectivity index (χ0) is 23.6. The molecule has 5 nitrogen and oxygen atoms in total. The van der Waals surface area contributed by atoms with E-state index in [2.05, 4.69) is 22.3 Å². The minimum atomic E-state index is -0.185. The molecule has 3 aromatic carbocycles. The van der Waals surface area contributed by atoms with Crippen LogP contribution in [0.3, 0.4) is 0 Å². The summed E-state index contributed by atoms with van der Waals surface area (Å²) < 4.78 is 0. The summed E-state index contributed by atoms with van der Waals surface area (Å²) in [5.74, 6) is -0.198. The van der Waals surface area contributed by atoms with Crippen molar-refractivity contribution < 1.29 is 9.59 Å². The molecule has 0 atom stereocenters. The highest BCUT2D eigenvalue weighted by molar-refractivity contribution is 6.05. The molecule has 0 aliphatic carbocycles. The van der Waals surface area contributed by atoms with Crippen molar-refractivity contribution in [2.45, 2.75) is 19.8 Å². The number of carbonyl (C=O) groups is 2. The van der Waals surface area contributed by atoms with Gasteiger partial charge in [-0.2, -0.15) is 0 Å². The van der Waals surface area contributed by atoms with Crippen molar-refractivity contribution in [3.05, 3.63) is 101 Å². The van der Waals surface area contributed by atoms with Crippen molar-refractivity contribution in [3.63, 3.8) is 0 Å². The number of benzene rings is 3. The molecule has 2 amide bonds. The first kappa shape index (κ1) is 24.2. The number of anilines is 1. The molecular formula is C28H33N3O2. The summed E-state index contributed by atoms with van der Waals surface area (Å²) in [7, 11) is 4.02. The van der Waals surface area contributed by atoms with Gasteiger partial charge in [-0.05, 0) is 69.3 Å². The first-order valence-corrected chi connectivity index (χ1v) is 11.4. The van der Waals surface area contributed by atoms with Gasteiger partial charge >= 0.3 is 0 Å². The van der Waals surface area contributed by atoms with Crippen molar-refractivity contribution >= 4 is 17.5 Å². The van der Waals surface area contributed by atoms with Crippen LogP contribution in [0.5, 0.6) is 0 Å². The van der Waals surface area contributed by atoms with Crippen molar-refractivity contribution in [2.24, 2.45) is 0 Å². The molecule has 0 radical (unpaired) electrons. The number of hydrogen-bond donors (Lipinski definition) is 1. The Bertz CT molecular complexity index is 1050. The van der Waals surface area contributed by atoms with Gasteiger partial charge in [0.1, 0.15) is 0 Å². The van der Waals surface area contributed by atoms with E-state index in [1.807, 2.05) is 74.4 Å². The summed E-state index contributed by atoms with van der Waals surface area (Å²) >= 11 is 0. The zero-order valence-electron chi connectivity index (χ0n) is 19.8. The van der Waals surface area contributed by atoms with Crippen molar-refractivity contribution in [3.8, 4) is 0 Å². The maximum Gasteiger partial charge on any atom is 0.255 e. The molecule has 0 saturated carbocycles. The molecule has 0 unspecified atom stereocenters. The van der Waals surface area contributed by atoms with Gasteiger partial charge in [-0.25, -0.2) is 0 Å². The number of hydrogen-bond acceptors (Lipinski definition) is 3. The zero-order valence-corrected chi connectivity index (χ0v) is 19.8. The predicted molar refractivity (Wildman–Crippen MR) is 135 cm³/mol. The van der Waals surface area contributed by atoms with Gasteiger partial charge in [0.15, 0.2) is 0 Å². The summed E-state index contributed by atoms with van der Waals surface area (Å²) in [6.07, 6.45) is 1.82. The van der Waals surface area contributed by atoms with Crippen LogP contribution in [0.2, 0.25) is 0 Å². The molecule has 0 fully saturated rings. The molecule has 33 heavy (non-hydrogen) atoms. The van der Waals surface area contributed by atoms with Crippen LogP contribution in [0.15, 0.2) is 78.9 Å². The van der Waals surface area contributed by atoms with E-state index >= 15 is 0 Å². The van der Waals surface area contributed by atoms with Crippen LogP contribution < -0.4 is 5.32 Å². The van der Waals surface area contributed by atoms with Crippen molar-refractivity contribution in [1.82, 2.24) is 9.80 Å². The summed E-state index contributed by atoms with van der Waals surface area (Å²) in [5, 5.41) is 2.96. The van der Waals surface area contributed by atoms with Gasteiger partial charge in [0, 0.05) is 36.4 Å². The van der Waals surface area contributed by atoms with E-state index in [0.717, 1.165) is 24.9 Å². The van der Waals surface area contributed by atoms with Crippen molar-refractivity contribution in [2.75, 3.05) is 39.0 Å². The normalized spacial score (nSPS) is 10.8. The molecule has 3 aromatic rings. The second-order valence-electron chi connectivity index (χ2n) is 8.53. The third-order valence-electron chi connectivity index (χ3n) is 5.61. The van der Waals surface area contributed by atoms with E-state index in [9.17, 15) is 9.59 Å². The number of likely N-dealkylation sites (N-methyl/N-ethyl adjacent to an activating group) is 1. The van der Waals surface area contributed by atoms with Gasteiger partial charge in [0.05, 0.1) is 0 Å². The molecule has 0 saturated heterocycles. The fourth-order valence-corrected chi connectivity index (χ4v) is 3.61. The lowest BCUT2D eigenvalue weighted by Gasteiger charge is -2.25. The maximum absolute atomic E-state index is 13.4. The third kappa shape index (κ3) is 7.29. The predicted octanol–water partition coefficient (Wildman–Crippen LogP) is 4.88. The first-order valence-electron chi connectivity index (χ1n) is 11.4. The largest absolute Gasteiger partial charge is 0.337 e. The molecule has 5 heteroatoms. The van der Waals surface area contributed by atoms with Crippen LogP contribution in [0.25, 0.3) is 0 Å². The van der Waals surface area contributed by atoms with Crippen molar-refractivity contribution in [1.29, 1.82) is 0 Å². The van der Waals surface area contributed by atoms with Gasteiger partial charge in [0.2, 0.25) is 0 Å². The Morgan fingerprint density at radius 1 is 0.788 bits per heavy atom. The van der Waals surface area contributed by atoms with E-state index in [-0.39, 0.29) is 11.8 Å². The molecule has 0 spiro atoms. The fourth-order valence-electron chi connectivity index (χ4n) is 3.61. The van der Waals surface area contributed by atoms with Gasteiger partial charge < -0.3 is 15.1 Å². The Morgan fingerprint density at radius 2 is 1.45 bits per heavy atom. The summed E-state index contributed by atoms with van der Waals surface area (Å²) in [5.41, 5.74) is 4.02. The van der Waals surface area contributed by atoms with Gasteiger partial charge in [-0.1, -0.05) is 54.6 Å². The van der Waals surface area contributed by atoms with E-state index in [1.54, 1.807) is 18.2 Å². The summed E-state index contributed by atoms with van der Waals surface area (Å²) in [6.45, 7) is 4.06. The number of amides is 2. The average molecular weight is 444 g/mol. The Labute approximate surface area is 197 Å². The highest BCUT2D eigenvalue weighted by Gasteiger charge is 2.18. The van der Waals surface area contributed by atoms with E-state index in [0.29, 0.717) is 29.9 Å². The lowest BCUT2D eigenvalue weighted by atomic mass is 10.1. The number of nitrogens with one attached hydrogen (secondary N) is 1. The molecule has 0 aromatic heterocycles. The van der Waals surface area contributed by atoms with E-state index < -0.39 is 0 Å². The smallest absolute Gasteiger partial charge is 0.255 e. The minimum Gasteiger partial charge on any atom is -0.337 e. The van der Waals surface area contributed by atoms with Crippen LogP contribution >= 0.6 is 0 Å². The topological polar surface area (TPSA) is 52.7 Å². The van der Waals surface area contributed by atoms with Gasteiger partial charge in [-0.3, -0.25) is 9.59 Å². The molecular weight excluding hydrogens is 410 g/mol. The average Bonchev–Trinajstić information content (AvgIpc) is 2.83. The minimum absolute atomic E-state index is 0.0138. The lowest BCUT2D eigenvalue weighted by molar-refractivity contribution is 0.0742. The maximum atomic E-state index is 13.4. The lowest BCUT2D eigenvalue weighted by Crippen LogP contribution is -2.37. The standard InChI is InChI=1S/C28H33N3O2/c1-22-16-17-25(21-26(22)29-27(32)24-14-8-5-9-15-24)28(33)31(20-19-30(2)3)18-10-13-23-11-6-4-7-12-23/h4-9,11-12,14-17,21H,10,13,18-20H2,1-3H3,(H,29,32). The number of carbonyl (C=O) groups excluding carboxylic acids is 2. The number of rotatable bonds is 10. The molecule has 0 heterocycles. The molecule has 3 rings (SSSR count). The fraction of sp³-hybridized carbons (Fsp3) is 0.286. The molecule has 0 bridgehead atoms. The van der Waals surface area contributed by atoms with E-state index in [1.165, 1.54) is 5.56 Å². The number of aryl methyl sites for hydroxylation is 2. The molecule has 1 N–H and O–H groups in total. The Hall–Kier alpha value is -3.44. The monoisotopic (exact) mass is 443 g/mol. The highest BCUT2D eigenvalue weighted by atomic mass is 16.2. The van der Waals surface area contributed by atoms with E-state index in [4.69, 9.17) is 0 Å². The SMILES string of the molecule is Cc1ccc(C(=O)N(CCCc2ccccc2)CCN(C)C)cc1NC(=O)c1ccccc1. The Kier molecular flexibility index (Phi) is 8.79.